The number of carbonyl (C=O) groups excluding carboxylic acids is 2. The average Bonchev–Trinajstić information content (AvgIpc) is 2.83. The number of ketones is 1. The van der Waals surface area contributed by atoms with Crippen molar-refractivity contribution < 1.29 is 19.1 Å². The summed E-state index contributed by atoms with van der Waals surface area (Å²) in [5.41, 5.74) is 3.24. The van der Waals surface area contributed by atoms with E-state index in [1.807, 2.05) is 54.6 Å². The first kappa shape index (κ1) is 20.3. The topological polar surface area (TPSA) is 55.8 Å². The molecule has 0 radical (unpaired) electrons. The molecule has 1 atom stereocenters. The summed E-state index contributed by atoms with van der Waals surface area (Å²) in [6, 6.07) is 19.7. The molecule has 0 bridgehead atoms. The summed E-state index contributed by atoms with van der Waals surface area (Å²) >= 11 is 0. The zero-order valence-corrected chi connectivity index (χ0v) is 18.3. The molecule has 3 aromatic rings. The Morgan fingerprint density at radius 1 is 0.875 bits per heavy atom. The molecule has 0 fully saturated rings. The summed E-state index contributed by atoms with van der Waals surface area (Å²) in [6.45, 7) is 0. The first-order valence-electron chi connectivity index (χ1n) is 10.9. The van der Waals surface area contributed by atoms with Crippen LogP contribution in [0.15, 0.2) is 71.9 Å². The van der Waals surface area contributed by atoms with Gasteiger partial charge in [-0.3, -0.25) is 14.5 Å². The highest BCUT2D eigenvalue weighted by Crippen LogP contribution is 2.46. The highest BCUT2D eigenvalue weighted by Gasteiger charge is 2.40. The number of anilines is 1. The minimum atomic E-state index is -0.317. The van der Waals surface area contributed by atoms with Crippen LogP contribution in [0.5, 0.6) is 11.5 Å². The lowest BCUT2D eigenvalue weighted by atomic mass is 9.76. The zero-order chi connectivity index (χ0) is 22.2. The van der Waals surface area contributed by atoms with Crippen molar-refractivity contribution in [1.82, 2.24) is 0 Å². The second-order valence-electron chi connectivity index (χ2n) is 8.26. The molecule has 0 N–H and O–H groups in total. The van der Waals surface area contributed by atoms with E-state index in [9.17, 15) is 9.59 Å². The number of Topliss-reactive ketones (excluding diaryl/α,β-unsaturated/α-hetero) is 1. The normalized spacial score (nSPS) is 18.7. The number of hydrogen-bond acceptors (Lipinski definition) is 4. The van der Waals surface area contributed by atoms with Crippen LogP contribution >= 0.6 is 0 Å². The van der Waals surface area contributed by atoms with Gasteiger partial charge in [0.25, 0.3) is 0 Å². The minimum Gasteiger partial charge on any atom is -0.497 e. The van der Waals surface area contributed by atoms with Crippen LogP contribution in [0.2, 0.25) is 0 Å². The summed E-state index contributed by atoms with van der Waals surface area (Å²) in [6.07, 6.45) is 2.18. The number of benzene rings is 3. The molecule has 5 rings (SSSR count). The molecule has 5 heteroatoms. The molecule has 1 unspecified atom stereocenters. The van der Waals surface area contributed by atoms with Crippen molar-refractivity contribution in [2.24, 2.45) is 0 Å². The number of carbonyl (C=O) groups is 2. The summed E-state index contributed by atoms with van der Waals surface area (Å²) in [7, 11) is 3.20. The Labute approximate surface area is 187 Å². The van der Waals surface area contributed by atoms with Crippen LogP contribution in [0.25, 0.3) is 10.8 Å². The van der Waals surface area contributed by atoms with Crippen molar-refractivity contribution in [3.05, 3.63) is 77.5 Å². The predicted octanol–water partition coefficient (Wildman–Crippen LogP) is 5.38. The lowest BCUT2D eigenvalue weighted by Gasteiger charge is -2.38. The van der Waals surface area contributed by atoms with Gasteiger partial charge in [0, 0.05) is 47.3 Å². The molecule has 1 aliphatic heterocycles. The van der Waals surface area contributed by atoms with Crippen molar-refractivity contribution >= 4 is 28.2 Å². The van der Waals surface area contributed by atoms with E-state index in [0.717, 1.165) is 39.7 Å². The van der Waals surface area contributed by atoms with Gasteiger partial charge in [-0.05, 0) is 41.8 Å². The van der Waals surface area contributed by atoms with Crippen molar-refractivity contribution in [3.8, 4) is 11.5 Å². The number of methoxy groups -OCH3 is 2. The largest absolute Gasteiger partial charge is 0.497 e. The van der Waals surface area contributed by atoms with Gasteiger partial charge in [0.2, 0.25) is 5.91 Å². The van der Waals surface area contributed by atoms with Gasteiger partial charge in [-0.15, -0.1) is 0 Å². The van der Waals surface area contributed by atoms with E-state index in [0.29, 0.717) is 24.3 Å². The van der Waals surface area contributed by atoms with Gasteiger partial charge in [0.1, 0.15) is 11.5 Å². The van der Waals surface area contributed by atoms with Crippen molar-refractivity contribution in [3.63, 3.8) is 0 Å². The molecular weight excluding hydrogens is 402 g/mol. The second kappa shape index (κ2) is 8.15. The number of allylic oxidation sites excluding steroid dienone is 2. The molecule has 2 aliphatic rings. The Bertz CT molecular complexity index is 1260. The van der Waals surface area contributed by atoms with E-state index < -0.39 is 0 Å². The molecule has 5 nitrogen and oxygen atoms in total. The maximum Gasteiger partial charge on any atom is 0.232 e. The van der Waals surface area contributed by atoms with Gasteiger partial charge < -0.3 is 9.47 Å². The molecule has 0 spiro atoms. The van der Waals surface area contributed by atoms with Crippen molar-refractivity contribution in [1.29, 1.82) is 0 Å². The number of nitrogens with zero attached hydrogens (tertiary/aromatic N) is 1. The van der Waals surface area contributed by atoms with Crippen LogP contribution in [-0.2, 0) is 9.59 Å². The molecule has 162 valence electrons. The first-order chi connectivity index (χ1) is 15.6. The molecule has 0 saturated carbocycles. The average molecular weight is 428 g/mol. The molecule has 0 aromatic heterocycles. The van der Waals surface area contributed by atoms with Gasteiger partial charge in [-0.1, -0.05) is 36.4 Å². The lowest BCUT2D eigenvalue weighted by molar-refractivity contribution is -0.119. The van der Waals surface area contributed by atoms with Crippen LogP contribution in [0.3, 0.4) is 0 Å². The molecule has 0 saturated heterocycles. The summed E-state index contributed by atoms with van der Waals surface area (Å²) in [4.78, 5) is 28.5. The van der Waals surface area contributed by atoms with Crippen LogP contribution in [-0.4, -0.2) is 25.9 Å². The fraction of sp³-hybridized carbons (Fsp3) is 0.259. The highest BCUT2D eigenvalue weighted by molar-refractivity contribution is 6.08. The van der Waals surface area contributed by atoms with Gasteiger partial charge in [0.05, 0.1) is 14.2 Å². The molecule has 1 heterocycles. The van der Waals surface area contributed by atoms with E-state index >= 15 is 0 Å². The Morgan fingerprint density at radius 2 is 1.69 bits per heavy atom. The number of fused-ring (bicyclic) bond motifs is 1. The molecular formula is C27H25NO4. The Hall–Kier alpha value is -3.60. The van der Waals surface area contributed by atoms with E-state index in [4.69, 9.17) is 9.47 Å². The lowest BCUT2D eigenvalue weighted by Crippen LogP contribution is -2.40. The fourth-order valence-electron chi connectivity index (χ4n) is 4.98. The van der Waals surface area contributed by atoms with Gasteiger partial charge in [-0.2, -0.15) is 0 Å². The van der Waals surface area contributed by atoms with Gasteiger partial charge in [0.15, 0.2) is 5.78 Å². The third kappa shape index (κ3) is 3.34. The van der Waals surface area contributed by atoms with E-state index in [1.54, 1.807) is 19.1 Å². The standard InChI is InChI=1S/C27H25NO4/c1-31-20-12-13-21(25(15-20)32-2)22-16-26(30)28(23-8-5-9-24(29)27(22)23)19-11-10-17-6-3-4-7-18(17)14-19/h3-4,6-7,10-15,22H,5,8-9,16H2,1-2H3. The molecule has 1 aliphatic carbocycles. The van der Waals surface area contributed by atoms with E-state index in [1.165, 1.54) is 0 Å². The van der Waals surface area contributed by atoms with Crippen LogP contribution in [0, 0.1) is 0 Å². The van der Waals surface area contributed by atoms with Crippen LogP contribution in [0.4, 0.5) is 5.69 Å². The minimum absolute atomic E-state index is 0.00315. The van der Waals surface area contributed by atoms with Crippen molar-refractivity contribution in [2.75, 3.05) is 19.1 Å². The maximum atomic E-state index is 13.5. The molecule has 3 aromatic carbocycles. The number of ether oxygens (including phenoxy) is 2. The zero-order valence-electron chi connectivity index (χ0n) is 18.3. The first-order valence-corrected chi connectivity index (χ1v) is 10.9. The fourth-order valence-corrected chi connectivity index (χ4v) is 4.98. The Kier molecular flexibility index (Phi) is 5.17. The molecule has 1 amide bonds. The summed E-state index contributed by atoms with van der Waals surface area (Å²) < 4.78 is 10.9. The Morgan fingerprint density at radius 3 is 2.47 bits per heavy atom. The molecule has 32 heavy (non-hydrogen) atoms. The van der Waals surface area contributed by atoms with Crippen LogP contribution in [0.1, 0.15) is 37.2 Å². The number of hydrogen-bond donors (Lipinski definition) is 0. The number of rotatable bonds is 4. The van der Waals surface area contributed by atoms with E-state index in [2.05, 4.69) is 6.07 Å². The summed E-state index contributed by atoms with van der Waals surface area (Å²) in [5, 5.41) is 2.19. The predicted molar refractivity (Wildman–Crippen MR) is 124 cm³/mol. The SMILES string of the molecule is COc1ccc(C2CC(=O)N(c3ccc4ccccc4c3)C3=C2C(=O)CCC3)c(OC)c1. The summed E-state index contributed by atoms with van der Waals surface area (Å²) in [5.74, 6) is 1.10. The maximum absolute atomic E-state index is 13.5. The van der Waals surface area contributed by atoms with E-state index in [-0.39, 0.29) is 24.0 Å². The van der Waals surface area contributed by atoms with Crippen molar-refractivity contribution in [2.45, 2.75) is 31.6 Å². The monoisotopic (exact) mass is 427 g/mol. The third-order valence-electron chi connectivity index (χ3n) is 6.48. The number of amides is 1. The van der Waals surface area contributed by atoms with Crippen LogP contribution < -0.4 is 14.4 Å². The smallest absolute Gasteiger partial charge is 0.232 e. The quantitative estimate of drug-likeness (QED) is 0.561. The van der Waals surface area contributed by atoms with Gasteiger partial charge in [-0.25, -0.2) is 0 Å². The Balaban J connectivity index is 1.65. The third-order valence-corrected chi connectivity index (χ3v) is 6.48. The van der Waals surface area contributed by atoms with Gasteiger partial charge >= 0.3 is 0 Å². The second-order valence-corrected chi connectivity index (χ2v) is 8.26. The highest BCUT2D eigenvalue weighted by atomic mass is 16.5.